The molecule has 0 radical (unpaired) electrons. The Hall–Kier alpha value is -2.17. The number of fused-ring (bicyclic) bond motifs is 1. The highest BCUT2D eigenvalue weighted by atomic mass is 16.2. The van der Waals surface area contributed by atoms with Crippen LogP contribution < -0.4 is 5.56 Å². The van der Waals surface area contributed by atoms with Gasteiger partial charge in [0.25, 0.3) is 5.56 Å². The third-order valence-electron chi connectivity index (χ3n) is 3.10. The topological polar surface area (TPSA) is 55.2 Å². The van der Waals surface area contributed by atoms with Crippen molar-refractivity contribution in [1.29, 1.82) is 0 Å². The smallest absolute Gasteiger partial charge is 0.261 e. The van der Waals surface area contributed by atoms with Crippen LogP contribution in [0.1, 0.15) is 13.8 Å². The van der Waals surface area contributed by atoms with Crippen molar-refractivity contribution in [2.24, 2.45) is 5.92 Å². The summed E-state index contributed by atoms with van der Waals surface area (Å²) >= 11 is 0. The van der Waals surface area contributed by atoms with Gasteiger partial charge in [0.15, 0.2) is 0 Å². The van der Waals surface area contributed by atoms with Crippen molar-refractivity contribution < 1.29 is 4.79 Å². The first kappa shape index (κ1) is 14.2. The highest BCUT2D eigenvalue weighted by Gasteiger charge is 2.12. The standard InChI is InChI=1S/C15H19N3O2/c1-11(2)8-17(3)14(19)9-18-10-16-13-7-5-4-6-12(13)15(18)20/h4-7,10-11H,8-9H2,1-3H3. The SMILES string of the molecule is CC(C)CN(C)C(=O)Cn1cnc2ccccc2c1=O. The number of nitrogens with zero attached hydrogens (tertiary/aromatic N) is 3. The summed E-state index contributed by atoms with van der Waals surface area (Å²) < 4.78 is 1.36. The molecular formula is C15H19N3O2. The predicted octanol–water partition coefficient (Wildman–Crippen LogP) is 1.51. The summed E-state index contributed by atoms with van der Waals surface area (Å²) in [4.78, 5) is 30.2. The quantitative estimate of drug-likeness (QED) is 0.848. The van der Waals surface area contributed by atoms with E-state index in [1.165, 1.54) is 10.9 Å². The zero-order valence-electron chi connectivity index (χ0n) is 12.0. The molecule has 0 aliphatic heterocycles. The molecule has 0 N–H and O–H groups in total. The average Bonchev–Trinajstić information content (AvgIpc) is 2.41. The van der Waals surface area contributed by atoms with Crippen LogP contribution in [0.15, 0.2) is 35.4 Å². The molecule has 0 aliphatic carbocycles. The van der Waals surface area contributed by atoms with Gasteiger partial charge in [-0.25, -0.2) is 4.98 Å². The lowest BCUT2D eigenvalue weighted by molar-refractivity contribution is -0.131. The fraction of sp³-hybridized carbons (Fsp3) is 0.400. The van der Waals surface area contributed by atoms with E-state index in [1.807, 2.05) is 19.9 Å². The summed E-state index contributed by atoms with van der Waals surface area (Å²) in [6.07, 6.45) is 1.44. The van der Waals surface area contributed by atoms with Crippen molar-refractivity contribution >= 4 is 16.8 Å². The van der Waals surface area contributed by atoms with Crippen LogP contribution in [0.3, 0.4) is 0 Å². The molecule has 0 spiro atoms. The molecule has 0 aliphatic rings. The molecule has 2 aromatic rings. The van der Waals surface area contributed by atoms with E-state index in [9.17, 15) is 9.59 Å². The number of hydrogen-bond acceptors (Lipinski definition) is 3. The fourth-order valence-electron chi connectivity index (χ4n) is 2.13. The van der Waals surface area contributed by atoms with E-state index < -0.39 is 0 Å². The van der Waals surface area contributed by atoms with Gasteiger partial charge in [-0.15, -0.1) is 0 Å². The second kappa shape index (κ2) is 5.86. The van der Waals surface area contributed by atoms with Crippen LogP contribution in [0.5, 0.6) is 0 Å². The van der Waals surface area contributed by atoms with Crippen molar-refractivity contribution in [2.45, 2.75) is 20.4 Å². The Morgan fingerprint density at radius 3 is 2.75 bits per heavy atom. The third kappa shape index (κ3) is 3.04. The Balaban J connectivity index is 2.24. The molecule has 1 aromatic carbocycles. The van der Waals surface area contributed by atoms with E-state index in [1.54, 1.807) is 30.1 Å². The van der Waals surface area contributed by atoms with Crippen LogP contribution in [0.4, 0.5) is 0 Å². The largest absolute Gasteiger partial charge is 0.344 e. The Bertz CT molecular complexity index is 676. The molecule has 5 nitrogen and oxygen atoms in total. The van der Waals surface area contributed by atoms with E-state index in [4.69, 9.17) is 0 Å². The van der Waals surface area contributed by atoms with Gasteiger partial charge in [-0.3, -0.25) is 14.2 Å². The number of benzene rings is 1. The van der Waals surface area contributed by atoms with E-state index >= 15 is 0 Å². The highest BCUT2D eigenvalue weighted by molar-refractivity contribution is 5.78. The summed E-state index contributed by atoms with van der Waals surface area (Å²) in [7, 11) is 1.75. The number of likely N-dealkylation sites (N-methyl/N-ethyl adjacent to an activating group) is 1. The van der Waals surface area contributed by atoms with Gasteiger partial charge in [0.1, 0.15) is 6.54 Å². The molecular weight excluding hydrogens is 254 g/mol. The van der Waals surface area contributed by atoms with Crippen LogP contribution in [-0.2, 0) is 11.3 Å². The monoisotopic (exact) mass is 273 g/mol. The maximum atomic E-state index is 12.3. The van der Waals surface area contributed by atoms with Gasteiger partial charge in [0.05, 0.1) is 17.2 Å². The minimum absolute atomic E-state index is 0.0277. The molecule has 1 aromatic heterocycles. The van der Waals surface area contributed by atoms with Crippen LogP contribution in [-0.4, -0.2) is 34.0 Å². The molecule has 1 amide bonds. The van der Waals surface area contributed by atoms with Gasteiger partial charge in [-0.2, -0.15) is 0 Å². The van der Waals surface area contributed by atoms with Gasteiger partial charge in [0, 0.05) is 13.6 Å². The average molecular weight is 273 g/mol. The highest BCUT2D eigenvalue weighted by Crippen LogP contribution is 2.05. The van der Waals surface area contributed by atoms with Crippen molar-refractivity contribution in [2.75, 3.05) is 13.6 Å². The van der Waals surface area contributed by atoms with E-state index in [2.05, 4.69) is 4.98 Å². The Morgan fingerprint density at radius 2 is 2.05 bits per heavy atom. The number of para-hydroxylation sites is 1. The molecule has 0 fully saturated rings. The maximum absolute atomic E-state index is 12.3. The fourth-order valence-corrected chi connectivity index (χ4v) is 2.13. The van der Waals surface area contributed by atoms with E-state index in [0.29, 0.717) is 23.4 Å². The lowest BCUT2D eigenvalue weighted by Gasteiger charge is -2.19. The van der Waals surface area contributed by atoms with Gasteiger partial charge >= 0.3 is 0 Å². The lowest BCUT2D eigenvalue weighted by Crippen LogP contribution is -2.36. The first-order valence-corrected chi connectivity index (χ1v) is 6.67. The minimum atomic E-state index is -0.179. The van der Waals surface area contributed by atoms with E-state index in [-0.39, 0.29) is 18.0 Å². The normalized spacial score (nSPS) is 11.0. The molecule has 2 rings (SSSR count). The minimum Gasteiger partial charge on any atom is -0.344 e. The maximum Gasteiger partial charge on any atom is 0.261 e. The first-order chi connectivity index (χ1) is 9.49. The Kier molecular flexibility index (Phi) is 4.17. The zero-order chi connectivity index (χ0) is 14.7. The molecule has 20 heavy (non-hydrogen) atoms. The molecule has 106 valence electrons. The molecule has 0 bridgehead atoms. The number of rotatable bonds is 4. The van der Waals surface area contributed by atoms with Gasteiger partial charge < -0.3 is 4.90 Å². The van der Waals surface area contributed by atoms with Gasteiger partial charge in [-0.05, 0) is 18.1 Å². The van der Waals surface area contributed by atoms with Crippen LogP contribution in [0.2, 0.25) is 0 Å². The Morgan fingerprint density at radius 1 is 1.35 bits per heavy atom. The van der Waals surface area contributed by atoms with E-state index in [0.717, 1.165) is 0 Å². The van der Waals surface area contributed by atoms with Crippen molar-refractivity contribution in [3.8, 4) is 0 Å². The first-order valence-electron chi connectivity index (χ1n) is 6.67. The number of hydrogen-bond donors (Lipinski definition) is 0. The lowest BCUT2D eigenvalue weighted by atomic mass is 10.2. The number of aromatic nitrogens is 2. The summed E-state index contributed by atoms with van der Waals surface area (Å²) in [6, 6.07) is 7.14. The molecule has 5 heteroatoms. The molecule has 0 atom stereocenters. The molecule has 0 saturated carbocycles. The van der Waals surface area contributed by atoms with Crippen LogP contribution in [0.25, 0.3) is 10.9 Å². The van der Waals surface area contributed by atoms with Crippen molar-refractivity contribution in [3.63, 3.8) is 0 Å². The predicted molar refractivity (Wildman–Crippen MR) is 78.5 cm³/mol. The van der Waals surface area contributed by atoms with Crippen LogP contribution >= 0.6 is 0 Å². The third-order valence-corrected chi connectivity index (χ3v) is 3.10. The summed E-state index contributed by atoms with van der Waals surface area (Å²) in [5.74, 6) is 0.313. The summed E-state index contributed by atoms with van der Waals surface area (Å²) in [5.41, 5.74) is 0.471. The Labute approximate surface area is 117 Å². The molecule has 0 saturated heterocycles. The second-order valence-corrected chi connectivity index (χ2v) is 5.36. The second-order valence-electron chi connectivity index (χ2n) is 5.36. The zero-order valence-corrected chi connectivity index (χ0v) is 12.0. The number of carbonyl (C=O) groups is 1. The van der Waals surface area contributed by atoms with Crippen molar-refractivity contribution in [1.82, 2.24) is 14.5 Å². The summed E-state index contributed by atoms with van der Waals surface area (Å²) in [5, 5.41) is 0.536. The van der Waals surface area contributed by atoms with Gasteiger partial charge in [0.2, 0.25) is 5.91 Å². The van der Waals surface area contributed by atoms with Gasteiger partial charge in [-0.1, -0.05) is 26.0 Å². The summed E-state index contributed by atoms with van der Waals surface area (Å²) in [6.45, 7) is 4.80. The number of carbonyl (C=O) groups excluding carboxylic acids is 1. The van der Waals surface area contributed by atoms with Crippen molar-refractivity contribution in [3.05, 3.63) is 40.9 Å². The number of amides is 1. The molecule has 0 unspecified atom stereocenters. The molecule has 1 heterocycles. The van der Waals surface area contributed by atoms with Crippen LogP contribution in [0, 0.1) is 5.92 Å².